The van der Waals surface area contributed by atoms with E-state index in [9.17, 15) is 49.1 Å². The lowest BCUT2D eigenvalue weighted by Crippen LogP contribution is -2.38. The molecule has 3 unspecified atom stereocenters. The first-order chi connectivity index (χ1) is 25.3. The van der Waals surface area contributed by atoms with Gasteiger partial charge >= 0.3 is 0 Å². The molecule has 1 spiro atoms. The summed E-state index contributed by atoms with van der Waals surface area (Å²) in [7, 11) is -14.1. The largest absolute Gasteiger partial charge is 0.748 e. The van der Waals surface area contributed by atoms with Crippen molar-refractivity contribution in [1.82, 2.24) is 0 Å². The van der Waals surface area contributed by atoms with Crippen molar-refractivity contribution in [1.29, 1.82) is 0 Å². The molecule has 54 heavy (non-hydrogen) atoms. The van der Waals surface area contributed by atoms with E-state index in [1.165, 1.54) is 18.2 Å². The molecule has 13 nitrogen and oxygen atoms in total. The number of benzene rings is 2. The Hall–Kier alpha value is -3.48. The van der Waals surface area contributed by atoms with E-state index < -0.39 is 59.0 Å². The molecular weight excluding hydrogens is 757 g/mol. The van der Waals surface area contributed by atoms with E-state index in [1.807, 2.05) is 61.3 Å². The Bertz CT molecular complexity index is 2320. The number of allylic oxidation sites excluding steroid dienone is 8. The topological polar surface area (TPSA) is 218 Å². The first-order valence-electron chi connectivity index (χ1n) is 17.9. The number of anilines is 1. The van der Waals surface area contributed by atoms with Crippen LogP contribution in [-0.4, -0.2) is 96.2 Å². The van der Waals surface area contributed by atoms with Crippen molar-refractivity contribution in [2.24, 2.45) is 0 Å². The summed E-state index contributed by atoms with van der Waals surface area (Å²) in [6.45, 7) is 3.64. The standard InChI is InChI=1S/C38H46N2O11S3/c1-25(7-6-8-36-38(17-4-3-5-18-38)33-19-26(2)10-15-35(33)39(36)21-28(41)23-52(43,44)45)9-11-27-12-14-31-32-20-30(54(49,50)51)13-16-34(32)40(37(27)31)22-29(42)24-53(46,47)48/h6-11,13,15-16,19-20,28-29,31,41-42H,3-5,12,14,17-18,21-24H2,1-2H3,(H2-,43,44,45,46,47,48,49,50,51)/p-2. The van der Waals surface area contributed by atoms with Crippen molar-refractivity contribution in [3.05, 3.63) is 100 Å². The summed E-state index contributed by atoms with van der Waals surface area (Å²) in [5.41, 5.74) is 7.24. The van der Waals surface area contributed by atoms with Crippen molar-refractivity contribution in [2.75, 3.05) is 29.5 Å². The minimum absolute atomic E-state index is 0.0593. The fourth-order valence-corrected chi connectivity index (χ4v) is 10.3. The smallest absolute Gasteiger partial charge is 0.209 e. The first kappa shape index (κ1) is 40.2. The van der Waals surface area contributed by atoms with Crippen LogP contribution in [0.3, 0.4) is 0 Å². The Balaban J connectivity index is 1.33. The van der Waals surface area contributed by atoms with Crippen LogP contribution in [-0.2, 0) is 35.8 Å². The first-order valence-corrected chi connectivity index (χ1v) is 22.4. The van der Waals surface area contributed by atoms with Crippen LogP contribution in [0.25, 0.3) is 0 Å². The molecule has 2 saturated carbocycles. The van der Waals surface area contributed by atoms with Gasteiger partial charge < -0.3 is 28.8 Å². The zero-order chi connectivity index (χ0) is 39.2. The van der Waals surface area contributed by atoms with Gasteiger partial charge in [0.05, 0.1) is 48.7 Å². The number of aliphatic hydroxyl groups is 2. The molecule has 2 fully saturated rings. The van der Waals surface area contributed by atoms with Gasteiger partial charge in [0, 0.05) is 40.5 Å². The molecule has 0 radical (unpaired) electrons. The summed E-state index contributed by atoms with van der Waals surface area (Å²) < 4.78 is 106. The second-order valence-corrected chi connectivity index (χ2v) is 19.1. The predicted molar refractivity (Wildman–Crippen MR) is 200 cm³/mol. The van der Waals surface area contributed by atoms with Crippen LogP contribution in [0.2, 0.25) is 0 Å². The highest BCUT2D eigenvalue weighted by atomic mass is 32.2. The van der Waals surface area contributed by atoms with Crippen molar-refractivity contribution >= 4 is 47.4 Å². The number of rotatable bonds is 12. The SMILES string of the molecule is CC(C=CC=C1N(CC(O)CS(=O)(=O)[O-])c2ccc(C)cc2C12CCCCC2)=CC=C1CCC2C1=[N+](CC(O)CS(=O)(=O)[O-])c1ccc(S(=O)(=O)[O-])cc12. The van der Waals surface area contributed by atoms with E-state index in [4.69, 9.17) is 0 Å². The van der Waals surface area contributed by atoms with Gasteiger partial charge in [-0.15, -0.1) is 0 Å². The molecule has 4 aliphatic rings. The molecule has 2 heterocycles. The number of aryl methyl sites for hydroxylation is 1. The van der Waals surface area contributed by atoms with Crippen molar-refractivity contribution in [2.45, 2.75) is 87.2 Å². The summed E-state index contributed by atoms with van der Waals surface area (Å²) in [5.74, 6) is -2.20. The fraction of sp³-hybridized carbons (Fsp3) is 0.447. The molecule has 0 amide bonds. The molecule has 2 N–H and O–H groups in total. The van der Waals surface area contributed by atoms with Crippen molar-refractivity contribution in [3.8, 4) is 0 Å². The lowest BCUT2D eigenvalue weighted by molar-refractivity contribution is -0.448. The third-order valence-electron chi connectivity index (χ3n) is 10.8. The number of fused-ring (bicyclic) bond motifs is 5. The maximum Gasteiger partial charge on any atom is 0.209 e. The van der Waals surface area contributed by atoms with E-state index in [2.05, 4.69) is 6.07 Å². The van der Waals surface area contributed by atoms with Gasteiger partial charge in [0.1, 0.15) is 16.2 Å². The second kappa shape index (κ2) is 15.2. The molecule has 2 aromatic carbocycles. The number of hydrogen-bond donors (Lipinski definition) is 2. The van der Waals surface area contributed by atoms with Crippen LogP contribution in [0.15, 0.2) is 88.5 Å². The van der Waals surface area contributed by atoms with Crippen LogP contribution in [0.5, 0.6) is 0 Å². The van der Waals surface area contributed by atoms with Crippen LogP contribution in [0, 0.1) is 6.92 Å². The zero-order valence-corrected chi connectivity index (χ0v) is 32.5. The van der Waals surface area contributed by atoms with E-state index in [0.29, 0.717) is 24.1 Å². The Kier molecular flexibility index (Phi) is 11.3. The molecular formula is C38H44N2O11S3-2. The Labute approximate surface area is 317 Å². The molecule has 3 atom stereocenters. The average molecular weight is 801 g/mol. The molecule has 2 aliphatic heterocycles. The average Bonchev–Trinajstić information content (AvgIpc) is 3.68. The van der Waals surface area contributed by atoms with E-state index in [1.54, 1.807) is 4.58 Å². The summed E-state index contributed by atoms with van der Waals surface area (Å²) in [4.78, 5) is 1.55. The number of aliphatic hydroxyl groups excluding tert-OH is 2. The highest BCUT2D eigenvalue weighted by molar-refractivity contribution is 7.86. The molecule has 2 aromatic rings. The molecule has 16 heteroatoms. The Morgan fingerprint density at radius 2 is 1.63 bits per heavy atom. The van der Waals surface area contributed by atoms with Gasteiger partial charge in [-0.3, -0.25) is 0 Å². The van der Waals surface area contributed by atoms with Gasteiger partial charge in [-0.05, 0) is 69.4 Å². The minimum atomic E-state index is -4.75. The van der Waals surface area contributed by atoms with Gasteiger partial charge in [0.15, 0.2) is 12.3 Å². The van der Waals surface area contributed by atoms with Crippen LogP contribution in [0.1, 0.15) is 74.5 Å². The monoisotopic (exact) mass is 800 g/mol. The number of nitrogens with zero attached hydrogens (tertiary/aromatic N) is 2. The van der Waals surface area contributed by atoms with Gasteiger partial charge in [0.2, 0.25) is 5.69 Å². The summed E-state index contributed by atoms with van der Waals surface area (Å²) in [5, 5.41) is 21.3. The van der Waals surface area contributed by atoms with Gasteiger partial charge in [-0.2, -0.15) is 4.58 Å². The van der Waals surface area contributed by atoms with Crippen LogP contribution < -0.4 is 4.90 Å². The van der Waals surface area contributed by atoms with Gasteiger partial charge in [0.25, 0.3) is 0 Å². The van der Waals surface area contributed by atoms with E-state index in [0.717, 1.165) is 71.5 Å². The minimum Gasteiger partial charge on any atom is -0.748 e. The third-order valence-corrected chi connectivity index (χ3v) is 13.2. The Morgan fingerprint density at radius 1 is 0.944 bits per heavy atom. The molecule has 292 valence electrons. The highest BCUT2D eigenvalue weighted by Gasteiger charge is 2.48. The lowest BCUT2D eigenvalue weighted by atomic mass is 9.68. The van der Waals surface area contributed by atoms with Crippen molar-refractivity contribution in [3.63, 3.8) is 0 Å². The van der Waals surface area contributed by atoms with E-state index >= 15 is 0 Å². The van der Waals surface area contributed by atoms with Crippen LogP contribution >= 0.6 is 0 Å². The normalized spacial score (nSPS) is 22.8. The Morgan fingerprint density at radius 3 is 2.30 bits per heavy atom. The molecule has 0 aromatic heterocycles. The van der Waals surface area contributed by atoms with Gasteiger partial charge in [-0.1, -0.05) is 66.8 Å². The van der Waals surface area contributed by atoms with Crippen LogP contribution in [0.4, 0.5) is 11.4 Å². The number of hydrogen-bond acceptors (Lipinski definition) is 12. The molecule has 6 rings (SSSR count). The third kappa shape index (κ3) is 8.65. The maximum atomic E-state index is 11.8. The van der Waals surface area contributed by atoms with Crippen molar-refractivity contribution < 1.29 is 53.7 Å². The summed E-state index contributed by atoms with van der Waals surface area (Å²) in [6.07, 6.45) is 12.7. The molecule has 2 aliphatic carbocycles. The molecule has 0 saturated heterocycles. The predicted octanol–water partition coefficient (Wildman–Crippen LogP) is 3.72. The van der Waals surface area contributed by atoms with E-state index in [-0.39, 0.29) is 24.4 Å². The summed E-state index contributed by atoms with van der Waals surface area (Å²) >= 11 is 0. The second-order valence-electron chi connectivity index (χ2n) is 14.8. The maximum absolute atomic E-state index is 11.8. The fourth-order valence-electron chi connectivity index (χ4n) is 8.66. The zero-order valence-electron chi connectivity index (χ0n) is 30.0. The lowest BCUT2D eigenvalue weighted by Gasteiger charge is -2.37. The quantitative estimate of drug-likeness (QED) is 0.178. The van der Waals surface area contributed by atoms with Gasteiger partial charge in [-0.25, -0.2) is 25.3 Å². The highest BCUT2D eigenvalue weighted by Crippen LogP contribution is 2.55. The summed E-state index contributed by atoms with van der Waals surface area (Å²) in [6, 6.07) is 10.1. The molecule has 0 bridgehead atoms. The number of β-amino-alcohol motifs (C(OH)–C–C–N with tert-alkyl or cyclic N) is 2.